The number of rotatable bonds is 6. The lowest BCUT2D eigenvalue weighted by Gasteiger charge is -2.35. The van der Waals surface area contributed by atoms with Crippen molar-refractivity contribution in [1.82, 2.24) is 15.0 Å². The Bertz CT molecular complexity index is 764. The molecule has 0 aliphatic carbocycles. The van der Waals surface area contributed by atoms with E-state index in [1.807, 2.05) is 24.3 Å². The summed E-state index contributed by atoms with van der Waals surface area (Å²) in [6, 6.07) is 7.69. The highest BCUT2D eigenvalue weighted by Crippen LogP contribution is 2.34. The summed E-state index contributed by atoms with van der Waals surface area (Å²) in [4.78, 5) is 20.5. The van der Waals surface area contributed by atoms with E-state index >= 15 is 0 Å². The number of likely N-dealkylation sites (N-methyl/N-ethyl adjacent to an activating group) is 1. The van der Waals surface area contributed by atoms with Gasteiger partial charge in [0.05, 0.1) is 24.0 Å². The molecule has 2 atom stereocenters. The van der Waals surface area contributed by atoms with E-state index in [4.69, 9.17) is 9.26 Å². The number of nitrogens with zero attached hydrogens (tertiary/aromatic N) is 4. The van der Waals surface area contributed by atoms with Gasteiger partial charge in [0.15, 0.2) is 11.9 Å². The first kappa shape index (κ1) is 18.6. The molecule has 1 amide bonds. The van der Waals surface area contributed by atoms with Crippen LogP contribution in [0.3, 0.4) is 0 Å². The number of fused-ring (bicyclic) bond motifs is 1. The average molecular weight is 376 g/mol. The molecule has 0 fully saturated rings. The first-order valence-corrected chi connectivity index (χ1v) is 9.70. The number of hydrogen-bond acceptors (Lipinski definition) is 7. The molecule has 3 rings (SSSR count). The molecule has 0 saturated heterocycles. The molecule has 2 heterocycles. The fraction of sp³-hybridized carbons (Fsp3) is 0.500. The Kier molecular flexibility index (Phi) is 5.70. The van der Waals surface area contributed by atoms with Crippen molar-refractivity contribution in [1.29, 1.82) is 0 Å². The molecular formula is C18H24N4O3S. The maximum absolute atomic E-state index is 12.4. The Morgan fingerprint density at radius 2 is 2.19 bits per heavy atom. The molecule has 0 bridgehead atoms. The molecule has 1 aromatic carbocycles. The van der Waals surface area contributed by atoms with E-state index in [-0.39, 0.29) is 11.2 Å². The van der Waals surface area contributed by atoms with Gasteiger partial charge in [0.25, 0.3) is 5.91 Å². The van der Waals surface area contributed by atoms with Gasteiger partial charge in [0.1, 0.15) is 5.75 Å². The van der Waals surface area contributed by atoms with Gasteiger partial charge in [-0.1, -0.05) is 24.2 Å². The van der Waals surface area contributed by atoms with Gasteiger partial charge in [-0.05, 0) is 24.8 Å². The van der Waals surface area contributed by atoms with Crippen LogP contribution in [0.5, 0.6) is 5.75 Å². The molecule has 0 N–H and O–H groups in total. The van der Waals surface area contributed by atoms with Gasteiger partial charge < -0.3 is 19.1 Å². The SMILES string of the molecule is CCS[C@@H](C)c1noc(CN2C[C@H](C(=O)N(C)C)Oc3ccccc32)n1. The number of anilines is 1. The Morgan fingerprint density at radius 3 is 2.92 bits per heavy atom. The molecule has 26 heavy (non-hydrogen) atoms. The third-order valence-electron chi connectivity index (χ3n) is 4.17. The van der Waals surface area contributed by atoms with Crippen LogP contribution in [0.2, 0.25) is 0 Å². The minimum absolute atomic E-state index is 0.0660. The first-order valence-electron chi connectivity index (χ1n) is 8.65. The molecular weight excluding hydrogens is 352 g/mol. The molecule has 0 unspecified atom stereocenters. The third-order valence-corrected chi connectivity index (χ3v) is 5.21. The number of carbonyl (C=O) groups is 1. The molecule has 0 spiro atoms. The molecule has 2 aromatic rings. The van der Waals surface area contributed by atoms with Crippen molar-refractivity contribution >= 4 is 23.4 Å². The van der Waals surface area contributed by atoms with Crippen molar-refractivity contribution in [3.63, 3.8) is 0 Å². The summed E-state index contributed by atoms with van der Waals surface area (Å²) in [7, 11) is 3.46. The second-order valence-corrected chi connectivity index (χ2v) is 7.95. The van der Waals surface area contributed by atoms with Gasteiger partial charge >= 0.3 is 0 Å². The zero-order valence-electron chi connectivity index (χ0n) is 15.5. The zero-order chi connectivity index (χ0) is 18.7. The van der Waals surface area contributed by atoms with E-state index in [9.17, 15) is 4.79 Å². The summed E-state index contributed by atoms with van der Waals surface area (Å²) in [6.45, 7) is 5.05. The van der Waals surface area contributed by atoms with Crippen LogP contribution in [0, 0.1) is 0 Å². The number of thioether (sulfide) groups is 1. The molecule has 0 saturated carbocycles. The van der Waals surface area contributed by atoms with E-state index in [2.05, 4.69) is 28.9 Å². The Morgan fingerprint density at radius 1 is 1.42 bits per heavy atom. The number of amides is 1. The van der Waals surface area contributed by atoms with Crippen LogP contribution in [0.25, 0.3) is 0 Å². The summed E-state index contributed by atoms with van der Waals surface area (Å²) in [5.41, 5.74) is 0.922. The Hall–Kier alpha value is -2.22. The second-order valence-electron chi connectivity index (χ2n) is 6.33. The minimum Gasteiger partial charge on any atom is -0.477 e. The quantitative estimate of drug-likeness (QED) is 0.767. The van der Waals surface area contributed by atoms with Crippen LogP contribution in [-0.4, -0.2) is 53.4 Å². The molecule has 140 valence electrons. The van der Waals surface area contributed by atoms with Gasteiger partial charge in [-0.2, -0.15) is 16.7 Å². The molecule has 0 radical (unpaired) electrons. The predicted molar refractivity (Wildman–Crippen MR) is 101 cm³/mol. The summed E-state index contributed by atoms with van der Waals surface area (Å²) in [5, 5.41) is 4.29. The summed E-state index contributed by atoms with van der Waals surface area (Å²) in [6.07, 6.45) is -0.558. The van der Waals surface area contributed by atoms with E-state index < -0.39 is 6.10 Å². The fourth-order valence-electron chi connectivity index (χ4n) is 2.86. The molecule has 1 aliphatic rings. The van der Waals surface area contributed by atoms with Gasteiger partial charge in [-0.3, -0.25) is 4.79 Å². The van der Waals surface area contributed by atoms with Crippen LogP contribution in [0.4, 0.5) is 5.69 Å². The van der Waals surface area contributed by atoms with Gasteiger partial charge in [-0.15, -0.1) is 0 Å². The number of carbonyl (C=O) groups excluding carboxylic acids is 1. The van der Waals surface area contributed by atoms with Gasteiger partial charge in [0, 0.05) is 14.1 Å². The lowest BCUT2D eigenvalue weighted by Crippen LogP contribution is -2.48. The van der Waals surface area contributed by atoms with Gasteiger partial charge in [-0.25, -0.2) is 0 Å². The number of aromatic nitrogens is 2. The van der Waals surface area contributed by atoms with Crippen molar-refractivity contribution in [2.75, 3.05) is 31.3 Å². The largest absolute Gasteiger partial charge is 0.477 e. The molecule has 1 aliphatic heterocycles. The Labute approximate surface area is 157 Å². The topological polar surface area (TPSA) is 71.7 Å². The van der Waals surface area contributed by atoms with Crippen LogP contribution in [0.1, 0.15) is 30.8 Å². The van der Waals surface area contributed by atoms with Crippen LogP contribution in [-0.2, 0) is 11.3 Å². The smallest absolute Gasteiger partial charge is 0.265 e. The third kappa shape index (κ3) is 3.95. The molecule has 7 nitrogen and oxygen atoms in total. The summed E-state index contributed by atoms with van der Waals surface area (Å²) >= 11 is 1.77. The van der Waals surface area contributed by atoms with Crippen molar-refractivity contribution < 1.29 is 14.1 Å². The second kappa shape index (κ2) is 7.99. The van der Waals surface area contributed by atoms with E-state index in [1.165, 1.54) is 0 Å². The Balaban J connectivity index is 1.80. The maximum atomic E-state index is 12.4. The lowest BCUT2D eigenvalue weighted by molar-refractivity contribution is -0.136. The summed E-state index contributed by atoms with van der Waals surface area (Å²) < 4.78 is 11.3. The number of ether oxygens (including phenoxy) is 1. The monoisotopic (exact) mass is 376 g/mol. The van der Waals surface area contributed by atoms with E-state index in [0.29, 0.717) is 30.6 Å². The normalized spacial score (nSPS) is 17.4. The van der Waals surface area contributed by atoms with E-state index in [1.54, 1.807) is 30.8 Å². The van der Waals surface area contributed by atoms with Crippen molar-refractivity contribution in [2.24, 2.45) is 0 Å². The maximum Gasteiger partial charge on any atom is 0.265 e. The standard InChI is InChI=1S/C18H24N4O3S/c1-5-26-12(2)17-19-16(25-20-17)11-22-10-15(18(23)21(3)4)24-14-9-7-6-8-13(14)22/h6-9,12,15H,5,10-11H2,1-4H3/t12-,15+/m0/s1. The number of benzene rings is 1. The van der Waals surface area contributed by atoms with Crippen molar-refractivity contribution in [3.05, 3.63) is 36.0 Å². The number of hydrogen-bond donors (Lipinski definition) is 0. The molecule has 1 aromatic heterocycles. The lowest BCUT2D eigenvalue weighted by atomic mass is 10.1. The van der Waals surface area contributed by atoms with Crippen molar-refractivity contribution in [3.8, 4) is 5.75 Å². The van der Waals surface area contributed by atoms with Crippen LogP contribution >= 0.6 is 11.8 Å². The van der Waals surface area contributed by atoms with Gasteiger partial charge in [0.2, 0.25) is 5.89 Å². The van der Waals surface area contributed by atoms with Crippen LogP contribution in [0.15, 0.2) is 28.8 Å². The van der Waals surface area contributed by atoms with E-state index in [0.717, 1.165) is 11.4 Å². The zero-order valence-corrected chi connectivity index (χ0v) is 16.3. The highest BCUT2D eigenvalue weighted by atomic mass is 32.2. The van der Waals surface area contributed by atoms with Crippen molar-refractivity contribution in [2.45, 2.75) is 31.7 Å². The first-order chi connectivity index (χ1) is 12.5. The highest BCUT2D eigenvalue weighted by Gasteiger charge is 2.32. The predicted octanol–water partition coefficient (Wildman–Crippen LogP) is 2.74. The number of para-hydroxylation sites is 2. The minimum atomic E-state index is -0.558. The summed E-state index contributed by atoms with van der Waals surface area (Å²) in [5.74, 6) is 2.86. The van der Waals surface area contributed by atoms with Crippen LogP contribution < -0.4 is 9.64 Å². The highest BCUT2D eigenvalue weighted by molar-refractivity contribution is 7.99. The average Bonchev–Trinajstić information content (AvgIpc) is 3.09. The fourth-order valence-corrected chi connectivity index (χ4v) is 3.60. The molecule has 8 heteroatoms.